The Kier molecular flexibility index (Phi) is 6.66. The van der Waals surface area contributed by atoms with Gasteiger partial charge in [0.2, 0.25) is 5.91 Å². The third kappa shape index (κ3) is 4.56. The molecule has 168 valence electrons. The zero-order chi connectivity index (χ0) is 23.4. The van der Waals surface area contributed by atoms with Gasteiger partial charge in [-0.2, -0.15) is 0 Å². The molecule has 0 heterocycles. The number of nitrogens with two attached hydrogens (primary N) is 1. The van der Waals surface area contributed by atoms with Crippen LogP contribution in [0.15, 0.2) is 72.8 Å². The highest BCUT2D eigenvalue weighted by molar-refractivity contribution is 6.10. The Morgan fingerprint density at radius 3 is 2.42 bits per heavy atom. The number of hydrogen-bond donors (Lipinski definition) is 2. The van der Waals surface area contributed by atoms with Crippen LogP contribution >= 0.6 is 0 Å². The first-order valence-corrected chi connectivity index (χ1v) is 10.9. The van der Waals surface area contributed by atoms with E-state index in [1.807, 2.05) is 12.1 Å². The van der Waals surface area contributed by atoms with E-state index in [2.05, 4.69) is 0 Å². The van der Waals surface area contributed by atoms with E-state index in [1.54, 1.807) is 60.7 Å². The van der Waals surface area contributed by atoms with Crippen LogP contribution in [0.25, 0.3) is 0 Å². The summed E-state index contributed by atoms with van der Waals surface area (Å²) in [6, 6.07) is 21.4. The zero-order valence-electron chi connectivity index (χ0n) is 18.1. The minimum Gasteiger partial charge on any atom is -0.425 e. The Balaban J connectivity index is 1.79. The monoisotopic (exact) mass is 443 g/mol. The van der Waals surface area contributed by atoms with E-state index in [0.717, 1.165) is 17.5 Å². The lowest BCUT2D eigenvalue weighted by molar-refractivity contribution is -0.137. The number of rotatable bonds is 7. The number of primary amides is 1. The van der Waals surface area contributed by atoms with Crippen molar-refractivity contribution < 1.29 is 24.2 Å². The fraction of sp³-hybridized carbons (Fsp3) is 0.222. The van der Waals surface area contributed by atoms with Gasteiger partial charge in [0.25, 0.3) is 0 Å². The summed E-state index contributed by atoms with van der Waals surface area (Å²) in [7, 11) is 0. The maximum Gasteiger partial charge on any atom is 0.337 e. The molecular weight excluding hydrogens is 418 g/mol. The molecule has 0 aliphatic heterocycles. The summed E-state index contributed by atoms with van der Waals surface area (Å²) < 4.78 is 5.32. The molecule has 4 rings (SSSR count). The molecule has 6 nitrogen and oxygen atoms in total. The number of hydrogen-bond acceptors (Lipinski definition) is 5. The van der Waals surface area contributed by atoms with Crippen molar-refractivity contribution in [3.63, 3.8) is 0 Å². The summed E-state index contributed by atoms with van der Waals surface area (Å²) in [5.74, 6) is -2.04. The minimum atomic E-state index is -0.740. The minimum absolute atomic E-state index is 0.167. The van der Waals surface area contributed by atoms with Crippen LogP contribution in [0.1, 0.15) is 57.3 Å². The van der Waals surface area contributed by atoms with Crippen LogP contribution in [0.3, 0.4) is 0 Å². The third-order valence-corrected chi connectivity index (χ3v) is 6.15. The first-order chi connectivity index (χ1) is 16.0. The van der Waals surface area contributed by atoms with Crippen molar-refractivity contribution in [2.24, 2.45) is 5.73 Å². The molecule has 2 atom stereocenters. The van der Waals surface area contributed by atoms with Crippen LogP contribution in [-0.2, 0) is 16.0 Å². The van der Waals surface area contributed by atoms with Crippen LogP contribution in [0.5, 0.6) is 5.75 Å². The molecule has 0 radical (unpaired) electrons. The number of esters is 1. The van der Waals surface area contributed by atoms with Gasteiger partial charge in [-0.3, -0.25) is 9.59 Å². The molecule has 0 aromatic heterocycles. The van der Waals surface area contributed by atoms with Gasteiger partial charge in [0.15, 0.2) is 5.78 Å². The highest BCUT2D eigenvalue weighted by atomic mass is 16.5. The van der Waals surface area contributed by atoms with Gasteiger partial charge in [-0.1, -0.05) is 66.7 Å². The van der Waals surface area contributed by atoms with Crippen molar-refractivity contribution >= 4 is 17.7 Å². The third-order valence-electron chi connectivity index (χ3n) is 6.15. The fourth-order valence-corrected chi connectivity index (χ4v) is 4.74. The van der Waals surface area contributed by atoms with Crippen LogP contribution in [0, 0.1) is 0 Å². The number of amides is 1. The number of benzene rings is 3. The number of ether oxygens (including phenoxy) is 1. The van der Waals surface area contributed by atoms with Gasteiger partial charge in [0.05, 0.1) is 5.92 Å². The lowest BCUT2D eigenvalue weighted by Gasteiger charge is -2.32. The van der Waals surface area contributed by atoms with Gasteiger partial charge >= 0.3 is 5.97 Å². The molecule has 0 bridgehead atoms. The van der Waals surface area contributed by atoms with E-state index in [1.165, 1.54) is 0 Å². The van der Waals surface area contributed by atoms with Crippen LogP contribution in [0.4, 0.5) is 0 Å². The molecule has 0 fully saturated rings. The molecule has 0 spiro atoms. The first kappa shape index (κ1) is 22.4. The molecular formula is C27H25NO5. The molecule has 3 aromatic rings. The van der Waals surface area contributed by atoms with Gasteiger partial charge in [-0.15, -0.1) is 0 Å². The summed E-state index contributed by atoms with van der Waals surface area (Å²) in [5, 5.41) is 9.07. The average Bonchev–Trinajstić information content (AvgIpc) is 2.85. The molecule has 1 amide bonds. The predicted molar refractivity (Wildman–Crippen MR) is 123 cm³/mol. The van der Waals surface area contributed by atoms with E-state index in [-0.39, 0.29) is 11.7 Å². The molecule has 2 unspecified atom stereocenters. The Bertz CT molecular complexity index is 1190. The molecule has 33 heavy (non-hydrogen) atoms. The van der Waals surface area contributed by atoms with Crippen LogP contribution in [-0.4, -0.2) is 29.4 Å². The molecule has 0 saturated carbocycles. The second-order valence-corrected chi connectivity index (χ2v) is 8.12. The SMILES string of the molecule is NC(=O)C(c1ccccc1C(=O)c1ccccc1)C1CCCc2c(OC(=O)CO)cccc21. The molecule has 3 aromatic carbocycles. The number of aliphatic hydroxyl groups is 1. The lowest BCUT2D eigenvalue weighted by Crippen LogP contribution is -2.30. The highest BCUT2D eigenvalue weighted by Gasteiger charge is 2.36. The second kappa shape index (κ2) is 9.79. The summed E-state index contributed by atoms with van der Waals surface area (Å²) in [4.78, 5) is 37.8. The quantitative estimate of drug-likeness (QED) is 0.330. The molecule has 3 N–H and O–H groups in total. The number of aliphatic hydroxyl groups excluding tert-OH is 1. The number of carbonyl (C=O) groups is 3. The van der Waals surface area contributed by atoms with Gasteiger partial charge < -0.3 is 15.6 Å². The molecule has 0 saturated heterocycles. The van der Waals surface area contributed by atoms with E-state index in [0.29, 0.717) is 35.3 Å². The van der Waals surface area contributed by atoms with Crippen molar-refractivity contribution in [1.29, 1.82) is 0 Å². The normalized spacial score (nSPS) is 15.8. The summed E-state index contributed by atoms with van der Waals surface area (Å²) >= 11 is 0. The topological polar surface area (TPSA) is 107 Å². The van der Waals surface area contributed by atoms with Crippen molar-refractivity contribution in [2.45, 2.75) is 31.1 Å². The predicted octanol–water partition coefficient (Wildman–Crippen LogP) is 3.50. The Morgan fingerprint density at radius 2 is 1.70 bits per heavy atom. The van der Waals surface area contributed by atoms with Gasteiger partial charge in [0, 0.05) is 11.1 Å². The van der Waals surface area contributed by atoms with Crippen molar-refractivity contribution in [3.05, 3.63) is 101 Å². The van der Waals surface area contributed by atoms with E-state index >= 15 is 0 Å². The smallest absolute Gasteiger partial charge is 0.337 e. The van der Waals surface area contributed by atoms with Crippen molar-refractivity contribution in [1.82, 2.24) is 0 Å². The lowest BCUT2D eigenvalue weighted by atomic mass is 9.71. The van der Waals surface area contributed by atoms with Gasteiger partial charge in [-0.25, -0.2) is 4.79 Å². The van der Waals surface area contributed by atoms with Gasteiger partial charge in [0.1, 0.15) is 12.4 Å². The zero-order valence-corrected chi connectivity index (χ0v) is 18.1. The largest absolute Gasteiger partial charge is 0.425 e. The highest BCUT2D eigenvalue weighted by Crippen LogP contribution is 2.45. The van der Waals surface area contributed by atoms with Gasteiger partial charge in [-0.05, 0) is 47.9 Å². The van der Waals surface area contributed by atoms with Crippen molar-refractivity contribution in [2.75, 3.05) is 6.61 Å². The number of carbonyl (C=O) groups excluding carboxylic acids is 3. The molecule has 1 aliphatic carbocycles. The summed E-state index contributed by atoms with van der Waals surface area (Å²) in [6.45, 7) is -0.716. The summed E-state index contributed by atoms with van der Waals surface area (Å²) in [5.41, 5.74) is 9.21. The van der Waals surface area contributed by atoms with E-state index in [9.17, 15) is 14.4 Å². The van der Waals surface area contributed by atoms with Crippen LogP contribution < -0.4 is 10.5 Å². The van der Waals surface area contributed by atoms with Crippen LogP contribution in [0.2, 0.25) is 0 Å². The first-order valence-electron chi connectivity index (χ1n) is 10.9. The fourth-order valence-electron chi connectivity index (χ4n) is 4.74. The number of fused-ring (bicyclic) bond motifs is 1. The molecule has 1 aliphatic rings. The standard InChI is InChI=1S/C27H25NO5/c28-27(32)25(21-10-4-5-11-22(21)26(31)17-8-2-1-3-9-17)20-14-6-13-19-18(20)12-7-15-23(19)33-24(30)16-29/h1-5,7-12,15,20,25,29H,6,13-14,16H2,(H2,28,32). The Hall–Kier alpha value is -3.77. The maximum absolute atomic E-state index is 13.3. The number of ketones is 1. The van der Waals surface area contributed by atoms with Crippen molar-refractivity contribution in [3.8, 4) is 5.75 Å². The Labute approximate surface area is 192 Å². The average molecular weight is 443 g/mol. The molecule has 6 heteroatoms. The van der Waals surface area contributed by atoms with E-state index < -0.39 is 24.4 Å². The maximum atomic E-state index is 13.3. The second-order valence-electron chi connectivity index (χ2n) is 8.12. The summed E-state index contributed by atoms with van der Waals surface area (Å²) in [6.07, 6.45) is 2.15. The van der Waals surface area contributed by atoms with E-state index in [4.69, 9.17) is 15.6 Å². The Morgan fingerprint density at radius 1 is 0.970 bits per heavy atom.